The fraction of sp³-hybridized carbons (Fsp3) is 1.00. The first-order valence-corrected chi connectivity index (χ1v) is 13.9. The summed E-state index contributed by atoms with van der Waals surface area (Å²) in [6.45, 7) is 21.2. The summed E-state index contributed by atoms with van der Waals surface area (Å²) in [5.41, 5.74) is 3.03. The van der Waals surface area contributed by atoms with E-state index in [2.05, 4.69) is 55.4 Å². The fourth-order valence-corrected chi connectivity index (χ4v) is 11.9. The van der Waals surface area contributed by atoms with Gasteiger partial charge in [-0.25, -0.2) is 0 Å². The highest BCUT2D eigenvalue weighted by molar-refractivity contribution is 5.26. The third-order valence-corrected chi connectivity index (χ3v) is 14.1. The van der Waals surface area contributed by atoms with Gasteiger partial charge in [0.1, 0.15) is 0 Å². The molecule has 4 saturated carbocycles. The Balaban J connectivity index is 1.43. The molecule has 0 N–H and O–H groups in total. The molecule has 4 aliphatic carbocycles. The number of rotatable bonds is 0. The van der Waals surface area contributed by atoms with Gasteiger partial charge in [-0.15, -0.1) is 0 Å². The first-order chi connectivity index (χ1) is 14.2. The Hall–Kier alpha value is -0.0400. The molecule has 1 nitrogen and oxygen atoms in total. The molecule has 2 saturated heterocycles. The second-order valence-corrected chi connectivity index (χ2v) is 15.9. The van der Waals surface area contributed by atoms with E-state index in [4.69, 9.17) is 4.74 Å². The van der Waals surface area contributed by atoms with Crippen molar-refractivity contribution in [3.8, 4) is 0 Å². The summed E-state index contributed by atoms with van der Waals surface area (Å²) < 4.78 is 7.17. The van der Waals surface area contributed by atoms with Crippen molar-refractivity contribution in [1.82, 2.24) is 0 Å². The maximum Gasteiger partial charge on any atom is 0.0777 e. The van der Waals surface area contributed by atoms with E-state index in [9.17, 15) is 0 Å². The van der Waals surface area contributed by atoms with Crippen LogP contribution in [0.2, 0.25) is 0 Å². The van der Waals surface area contributed by atoms with E-state index in [1.54, 1.807) is 0 Å². The van der Waals surface area contributed by atoms with Crippen LogP contribution in [0.1, 0.15) is 126 Å². The molecule has 0 aromatic heterocycles. The lowest BCUT2D eigenvalue weighted by Crippen LogP contribution is -2.70. The lowest BCUT2D eigenvalue weighted by Gasteiger charge is -2.74. The third-order valence-electron chi connectivity index (χ3n) is 14.1. The van der Waals surface area contributed by atoms with Crippen LogP contribution in [0.3, 0.4) is 0 Å². The SMILES string of the molecule is CC1(C)CC[C@]2(C)CC[C@]3(C)[C@H]4CC[C@H]5C(C)(C)[C@@H]6CC[C@]5(O6)[C@]4(C)CC[C@@]3(C)[C@@H]2C1. The van der Waals surface area contributed by atoms with Crippen LogP contribution in [0.5, 0.6) is 0 Å². The summed E-state index contributed by atoms with van der Waals surface area (Å²) in [4.78, 5) is 0. The summed E-state index contributed by atoms with van der Waals surface area (Å²) in [7, 11) is 0. The van der Waals surface area contributed by atoms with Crippen LogP contribution in [0.15, 0.2) is 0 Å². The quantitative estimate of drug-likeness (QED) is 0.378. The minimum Gasteiger partial charge on any atom is -0.370 e. The minimum absolute atomic E-state index is 0.182. The maximum atomic E-state index is 7.17. The zero-order valence-corrected chi connectivity index (χ0v) is 22.0. The zero-order valence-electron chi connectivity index (χ0n) is 22.0. The summed E-state index contributed by atoms with van der Waals surface area (Å²) in [6, 6.07) is 0. The number of hydrogen-bond acceptors (Lipinski definition) is 1. The Kier molecular flexibility index (Phi) is 4.00. The molecule has 6 rings (SSSR count). The van der Waals surface area contributed by atoms with Crippen molar-refractivity contribution in [1.29, 1.82) is 0 Å². The molecular formula is C30H50O. The van der Waals surface area contributed by atoms with E-state index in [0.29, 0.717) is 38.6 Å². The van der Waals surface area contributed by atoms with Gasteiger partial charge in [-0.05, 0) is 115 Å². The smallest absolute Gasteiger partial charge is 0.0777 e. The molecule has 0 aromatic rings. The van der Waals surface area contributed by atoms with E-state index in [1.165, 1.54) is 70.6 Å². The van der Waals surface area contributed by atoms with E-state index >= 15 is 0 Å². The summed E-state index contributed by atoms with van der Waals surface area (Å²) in [6.07, 6.45) is 16.2. The van der Waals surface area contributed by atoms with Gasteiger partial charge in [0.25, 0.3) is 0 Å². The largest absolute Gasteiger partial charge is 0.370 e. The van der Waals surface area contributed by atoms with E-state index < -0.39 is 0 Å². The van der Waals surface area contributed by atoms with Crippen molar-refractivity contribution in [2.75, 3.05) is 0 Å². The maximum absolute atomic E-state index is 7.17. The molecular weight excluding hydrogens is 376 g/mol. The average molecular weight is 427 g/mol. The third kappa shape index (κ3) is 2.25. The highest BCUT2D eigenvalue weighted by Crippen LogP contribution is 2.80. The molecule has 6 fully saturated rings. The molecule has 1 spiro atoms. The Labute approximate surface area is 192 Å². The average Bonchev–Trinajstić information content (AvgIpc) is 3.22. The second kappa shape index (κ2) is 5.78. The van der Waals surface area contributed by atoms with Gasteiger partial charge in [0, 0.05) is 5.41 Å². The van der Waals surface area contributed by atoms with E-state index in [-0.39, 0.29) is 5.60 Å². The second-order valence-electron chi connectivity index (χ2n) is 15.9. The van der Waals surface area contributed by atoms with E-state index in [0.717, 1.165) is 17.8 Å². The summed E-state index contributed by atoms with van der Waals surface area (Å²) in [5, 5.41) is 0. The standard InChI is InChI=1S/C30H50O/c1-24(2)13-14-26(5)15-16-27(6)21-10-9-20-25(3,4)23-11-12-30(20,31-23)29(21,8)18-17-28(27,7)22(26)19-24/h20-23H,9-19H2,1-8H3/t20-,21+,22+,23-,26+,27+,28-,29+,30+/m0/s1. The Bertz CT molecular complexity index is 796. The van der Waals surface area contributed by atoms with Crippen molar-refractivity contribution < 1.29 is 4.74 Å². The highest BCUT2D eigenvalue weighted by Gasteiger charge is 2.77. The van der Waals surface area contributed by atoms with Gasteiger partial charge in [0.2, 0.25) is 0 Å². The Morgan fingerprint density at radius 3 is 1.87 bits per heavy atom. The molecule has 0 unspecified atom stereocenters. The van der Waals surface area contributed by atoms with Crippen molar-refractivity contribution in [2.45, 2.75) is 138 Å². The van der Waals surface area contributed by atoms with Crippen molar-refractivity contribution in [3.63, 3.8) is 0 Å². The number of fused-ring (bicyclic) bond motifs is 6. The van der Waals surface area contributed by atoms with Gasteiger partial charge in [-0.3, -0.25) is 0 Å². The predicted octanol–water partition coefficient (Wildman–Crippen LogP) is 8.41. The molecule has 2 bridgehead atoms. The number of hydrogen-bond donors (Lipinski definition) is 0. The van der Waals surface area contributed by atoms with Gasteiger partial charge in [-0.1, -0.05) is 55.4 Å². The Morgan fingerprint density at radius 2 is 1.13 bits per heavy atom. The zero-order chi connectivity index (χ0) is 22.3. The molecule has 31 heavy (non-hydrogen) atoms. The van der Waals surface area contributed by atoms with Crippen molar-refractivity contribution in [3.05, 3.63) is 0 Å². The van der Waals surface area contributed by atoms with Crippen LogP contribution in [0.25, 0.3) is 0 Å². The first-order valence-electron chi connectivity index (χ1n) is 13.9. The molecule has 1 heteroatoms. The lowest BCUT2D eigenvalue weighted by molar-refractivity contribution is -0.273. The van der Waals surface area contributed by atoms with Crippen molar-refractivity contribution in [2.24, 2.45) is 50.2 Å². The Morgan fingerprint density at radius 1 is 0.548 bits per heavy atom. The van der Waals surface area contributed by atoms with Crippen LogP contribution < -0.4 is 0 Å². The molecule has 6 aliphatic rings. The minimum atomic E-state index is 0.182. The van der Waals surface area contributed by atoms with Crippen LogP contribution in [-0.2, 0) is 4.74 Å². The van der Waals surface area contributed by atoms with Gasteiger partial charge >= 0.3 is 0 Å². The van der Waals surface area contributed by atoms with Gasteiger partial charge in [-0.2, -0.15) is 0 Å². The van der Waals surface area contributed by atoms with Crippen LogP contribution in [0, 0.1) is 50.2 Å². The topological polar surface area (TPSA) is 9.23 Å². The lowest BCUT2D eigenvalue weighted by atomic mass is 9.30. The normalized spacial score (nSPS) is 61.2. The summed E-state index contributed by atoms with van der Waals surface area (Å²) in [5.74, 6) is 2.53. The van der Waals surface area contributed by atoms with Crippen molar-refractivity contribution >= 4 is 0 Å². The fourth-order valence-electron chi connectivity index (χ4n) is 11.9. The molecule has 2 aliphatic heterocycles. The van der Waals surface area contributed by atoms with Gasteiger partial charge < -0.3 is 4.74 Å². The van der Waals surface area contributed by atoms with Gasteiger partial charge in [0.05, 0.1) is 11.7 Å². The highest BCUT2D eigenvalue weighted by atomic mass is 16.5. The molecule has 0 aromatic carbocycles. The molecule has 176 valence electrons. The van der Waals surface area contributed by atoms with Crippen LogP contribution >= 0.6 is 0 Å². The first kappa shape index (κ1) is 21.5. The van der Waals surface area contributed by atoms with Gasteiger partial charge in [0.15, 0.2) is 0 Å². The molecule has 0 radical (unpaired) electrons. The summed E-state index contributed by atoms with van der Waals surface area (Å²) >= 11 is 0. The molecule has 2 heterocycles. The predicted molar refractivity (Wildman–Crippen MR) is 129 cm³/mol. The molecule has 9 atom stereocenters. The van der Waals surface area contributed by atoms with Crippen LogP contribution in [0.4, 0.5) is 0 Å². The monoisotopic (exact) mass is 426 g/mol. The van der Waals surface area contributed by atoms with E-state index in [1.807, 2.05) is 0 Å². The van der Waals surface area contributed by atoms with Crippen LogP contribution in [-0.4, -0.2) is 11.7 Å². The number of ether oxygens (including phenoxy) is 1. The molecule has 0 amide bonds.